The van der Waals surface area contributed by atoms with Gasteiger partial charge < -0.3 is 9.38 Å². The molecule has 5 aromatic carbocycles. The zero-order valence-electron chi connectivity index (χ0n) is 27.5. The molecule has 0 saturated carbocycles. The van der Waals surface area contributed by atoms with Crippen molar-refractivity contribution in [3.63, 3.8) is 0 Å². The first-order valence-electron chi connectivity index (χ1n) is 17.6. The maximum Gasteiger partial charge on any atom is 0.332 e. The Morgan fingerprint density at radius 3 is 2.11 bits per heavy atom. The van der Waals surface area contributed by atoms with Crippen LogP contribution in [-0.4, -0.2) is 11.4 Å². The molecular weight excluding hydrogens is 575 g/mol. The van der Waals surface area contributed by atoms with Gasteiger partial charge in [-0.2, -0.15) is 0 Å². The molecule has 0 spiro atoms. The third-order valence-electron chi connectivity index (χ3n) is 10.2. The van der Waals surface area contributed by atoms with Crippen molar-refractivity contribution >= 4 is 62.7 Å². The molecule has 0 fully saturated rings. The van der Waals surface area contributed by atoms with E-state index in [2.05, 4.69) is 127 Å². The number of rotatable bonds is 10. The Bertz CT molecular complexity index is 2070. The van der Waals surface area contributed by atoms with Crippen molar-refractivity contribution < 1.29 is 0 Å². The van der Waals surface area contributed by atoms with Crippen molar-refractivity contribution in [1.29, 1.82) is 0 Å². The van der Waals surface area contributed by atoms with Gasteiger partial charge in [-0.25, -0.2) is 0 Å². The van der Waals surface area contributed by atoms with Crippen LogP contribution in [0.1, 0.15) is 76.0 Å². The Labute approximate surface area is 278 Å². The highest BCUT2D eigenvalue weighted by Gasteiger charge is 2.42. The first kappa shape index (κ1) is 29.5. The highest BCUT2D eigenvalue weighted by atomic mass is 32.2. The minimum absolute atomic E-state index is 0.0692. The largest absolute Gasteiger partial charge is 0.375 e. The fourth-order valence-electron chi connectivity index (χ4n) is 8.03. The fourth-order valence-corrected chi connectivity index (χ4v) is 9.27. The molecule has 46 heavy (non-hydrogen) atoms. The minimum atomic E-state index is 0.0692. The van der Waals surface area contributed by atoms with E-state index < -0.39 is 0 Å². The van der Waals surface area contributed by atoms with Crippen LogP contribution in [0.2, 0.25) is 0 Å². The standard InChI is InChI=1S/C42H43BN2S/c1-4-7-16-29-27-31(18-9-6-3)41-39(28-29)46-38-26-14-19-30(17-8-5-2)40(38)45(41)43-34-22-11-13-25-37(34)44-36-24-12-10-20-32(36)33-21-15-23-35(43)42(33)44/h10-15,19-28H,4-9,16-18H2,1-3H3. The normalized spacial score (nSPS) is 13.3. The number of hydrogen-bond donors (Lipinski definition) is 0. The van der Waals surface area contributed by atoms with Gasteiger partial charge in [-0.05, 0) is 90.4 Å². The second-order valence-electron chi connectivity index (χ2n) is 13.2. The minimum Gasteiger partial charge on any atom is -0.375 e. The summed E-state index contributed by atoms with van der Waals surface area (Å²) >= 11 is 2.01. The number of fused-ring (bicyclic) bond motifs is 7. The van der Waals surface area contributed by atoms with Gasteiger partial charge in [0.25, 0.3) is 0 Å². The van der Waals surface area contributed by atoms with E-state index in [9.17, 15) is 0 Å². The van der Waals surface area contributed by atoms with E-state index in [0.717, 1.165) is 19.3 Å². The van der Waals surface area contributed by atoms with Gasteiger partial charge in [0.15, 0.2) is 0 Å². The van der Waals surface area contributed by atoms with Crippen LogP contribution in [0.3, 0.4) is 0 Å². The summed E-state index contributed by atoms with van der Waals surface area (Å²) in [5.74, 6) is 0. The van der Waals surface area contributed by atoms with Crippen molar-refractivity contribution in [2.75, 3.05) is 4.81 Å². The van der Waals surface area contributed by atoms with Gasteiger partial charge in [-0.15, -0.1) is 0 Å². The number of aromatic nitrogens is 1. The summed E-state index contributed by atoms with van der Waals surface area (Å²) in [6, 6.07) is 37.4. The van der Waals surface area contributed by atoms with Crippen molar-refractivity contribution in [3.05, 3.63) is 114 Å². The molecule has 4 heteroatoms. The van der Waals surface area contributed by atoms with E-state index >= 15 is 0 Å². The molecule has 0 bridgehead atoms. The third-order valence-corrected chi connectivity index (χ3v) is 11.2. The van der Waals surface area contributed by atoms with Crippen LogP contribution in [0.4, 0.5) is 11.4 Å². The summed E-state index contributed by atoms with van der Waals surface area (Å²) in [6.07, 6.45) is 10.6. The number of nitrogens with zero attached hydrogens (tertiary/aromatic N) is 2. The average Bonchev–Trinajstić information content (AvgIpc) is 3.44. The van der Waals surface area contributed by atoms with Gasteiger partial charge in [0.1, 0.15) is 0 Å². The van der Waals surface area contributed by atoms with Gasteiger partial charge in [0.2, 0.25) is 0 Å². The first-order chi connectivity index (χ1) is 22.7. The Hall–Kier alpha value is -3.89. The Balaban J connectivity index is 1.46. The van der Waals surface area contributed by atoms with Crippen molar-refractivity contribution in [1.82, 2.24) is 4.57 Å². The van der Waals surface area contributed by atoms with Gasteiger partial charge in [0, 0.05) is 37.6 Å². The van der Waals surface area contributed by atoms with Crippen molar-refractivity contribution in [2.45, 2.75) is 88.3 Å². The van der Waals surface area contributed by atoms with E-state index in [1.54, 1.807) is 0 Å². The van der Waals surface area contributed by atoms with Gasteiger partial charge >= 0.3 is 6.85 Å². The number of anilines is 2. The van der Waals surface area contributed by atoms with E-state index in [-0.39, 0.29) is 6.85 Å². The summed E-state index contributed by atoms with van der Waals surface area (Å²) in [4.78, 5) is 5.64. The molecule has 2 nitrogen and oxygen atoms in total. The SMILES string of the molecule is CCCCc1cc(CCCC)c2c(c1)Sc1cccc(CCCC)c1N2B1c2ccccc2-n2c3ccccc3c3cccc1c32. The number of benzene rings is 5. The van der Waals surface area contributed by atoms with Gasteiger partial charge in [-0.3, -0.25) is 0 Å². The average molecular weight is 619 g/mol. The lowest BCUT2D eigenvalue weighted by atomic mass is 9.46. The van der Waals surface area contributed by atoms with Crippen LogP contribution in [0.25, 0.3) is 27.5 Å². The zero-order valence-corrected chi connectivity index (χ0v) is 28.3. The van der Waals surface area contributed by atoms with E-state index in [4.69, 9.17) is 0 Å². The van der Waals surface area contributed by atoms with Crippen molar-refractivity contribution in [3.8, 4) is 5.69 Å². The van der Waals surface area contributed by atoms with Gasteiger partial charge in [0.05, 0.1) is 11.0 Å². The molecule has 0 N–H and O–H groups in total. The number of hydrogen-bond acceptors (Lipinski definition) is 2. The van der Waals surface area contributed by atoms with E-state index in [1.807, 2.05) is 11.8 Å². The monoisotopic (exact) mass is 618 g/mol. The molecule has 8 rings (SSSR count). The summed E-state index contributed by atoms with van der Waals surface area (Å²) in [5.41, 5.74) is 14.1. The molecule has 1 aromatic heterocycles. The second kappa shape index (κ2) is 12.4. The number of unbranched alkanes of at least 4 members (excludes halogenated alkanes) is 3. The molecule has 0 radical (unpaired) electrons. The molecule has 0 amide bonds. The van der Waals surface area contributed by atoms with Crippen LogP contribution in [-0.2, 0) is 19.3 Å². The van der Waals surface area contributed by atoms with Crippen LogP contribution >= 0.6 is 11.8 Å². The van der Waals surface area contributed by atoms with Crippen molar-refractivity contribution in [2.24, 2.45) is 0 Å². The third kappa shape index (κ3) is 4.71. The molecule has 0 saturated heterocycles. The number of aryl methyl sites for hydroxylation is 3. The van der Waals surface area contributed by atoms with Gasteiger partial charge in [-0.1, -0.05) is 125 Å². The molecule has 0 aliphatic carbocycles. The zero-order chi connectivity index (χ0) is 31.2. The number of para-hydroxylation sites is 4. The Morgan fingerprint density at radius 1 is 0.587 bits per heavy atom. The summed E-state index contributed by atoms with van der Waals surface area (Å²) < 4.78 is 2.54. The Morgan fingerprint density at radius 2 is 1.26 bits per heavy atom. The molecular formula is C42H43BN2S. The topological polar surface area (TPSA) is 8.17 Å². The lowest BCUT2D eigenvalue weighted by molar-refractivity contribution is 0.776. The lowest BCUT2D eigenvalue weighted by Crippen LogP contribution is -2.59. The Kier molecular flexibility index (Phi) is 7.94. The fraction of sp³-hybridized carbons (Fsp3) is 0.286. The lowest BCUT2D eigenvalue weighted by Gasteiger charge is -2.42. The highest BCUT2D eigenvalue weighted by Crippen LogP contribution is 2.53. The van der Waals surface area contributed by atoms with Crippen LogP contribution in [0, 0.1) is 0 Å². The molecule has 0 unspecified atom stereocenters. The summed E-state index contributed by atoms with van der Waals surface area (Å²) in [7, 11) is 0. The first-order valence-corrected chi connectivity index (χ1v) is 18.4. The molecule has 230 valence electrons. The van der Waals surface area contributed by atoms with Crippen LogP contribution in [0.5, 0.6) is 0 Å². The van der Waals surface area contributed by atoms with E-state index in [0.29, 0.717) is 0 Å². The molecule has 0 atom stereocenters. The van der Waals surface area contributed by atoms with Crippen LogP contribution in [0.15, 0.2) is 107 Å². The highest BCUT2D eigenvalue weighted by molar-refractivity contribution is 7.99. The second-order valence-corrected chi connectivity index (χ2v) is 14.3. The molecule has 6 aromatic rings. The van der Waals surface area contributed by atoms with E-state index in [1.165, 1.54) is 115 Å². The predicted octanol–water partition coefficient (Wildman–Crippen LogP) is 10.5. The smallest absolute Gasteiger partial charge is 0.332 e. The quantitative estimate of drug-likeness (QED) is 0.141. The summed E-state index contributed by atoms with van der Waals surface area (Å²) in [6.45, 7) is 7.02. The van der Waals surface area contributed by atoms with Crippen LogP contribution < -0.4 is 15.7 Å². The molecule has 2 aliphatic heterocycles. The summed E-state index contributed by atoms with van der Waals surface area (Å²) in [5, 5.41) is 2.68. The predicted molar refractivity (Wildman–Crippen MR) is 201 cm³/mol. The molecule has 2 aliphatic rings. The maximum absolute atomic E-state index is 2.82. The molecule has 3 heterocycles. The maximum atomic E-state index is 2.82.